The normalized spacial score (nSPS) is 22.3. The first-order chi connectivity index (χ1) is 6.98. The van der Waals surface area contributed by atoms with Gasteiger partial charge in [-0.1, -0.05) is 20.8 Å². The molecule has 0 spiro atoms. The smallest absolute Gasteiger partial charge is 0.0823 e. The minimum atomic E-state index is 0.126. The van der Waals surface area contributed by atoms with Crippen molar-refractivity contribution in [2.24, 2.45) is 7.05 Å². The topological polar surface area (TPSA) is 29.9 Å². The van der Waals surface area contributed by atoms with E-state index < -0.39 is 0 Å². The Balaban J connectivity index is 2.37. The van der Waals surface area contributed by atoms with E-state index in [4.69, 9.17) is 0 Å². The Bertz CT molecular complexity index is 345. The van der Waals surface area contributed by atoms with Crippen molar-refractivity contribution in [3.05, 3.63) is 17.5 Å². The van der Waals surface area contributed by atoms with Crippen molar-refractivity contribution >= 4 is 11.8 Å². The van der Waals surface area contributed by atoms with E-state index in [1.807, 2.05) is 23.5 Å². The molecule has 1 unspecified atom stereocenters. The molecular weight excluding hydrogens is 206 g/mol. The number of hydrogen-bond acceptors (Lipinski definition) is 3. The van der Waals surface area contributed by atoms with Crippen LogP contribution in [0.4, 0.5) is 0 Å². The van der Waals surface area contributed by atoms with Crippen molar-refractivity contribution in [2.75, 3.05) is 12.3 Å². The number of hydrogen-bond donors (Lipinski definition) is 1. The number of aromatic nitrogens is 2. The highest BCUT2D eigenvalue weighted by molar-refractivity contribution is 7.99. The number of rotatable bonds is 1. The van der Waals surface area contributed by atoms with E-state index in [-0.39, 0.29) is 5.41 Å². The van der Waals surface area contributed by atoms with Crippen LogP contribution in [0.3, 0.4) is 0 Å². The molecule has 1 atom stereocenters. The van der Waals surface area contributed by atoms with Gasteiger partial charge in [0.1, 0.15) is 0 Å². The van der Waals surface area contributed by atoms with Crippen molar-refractivity contribution in [1.82, 2.24) is 15.1 Å². The van der Waals surface area contributed by atoms with Gasteiger partial charge in [-0.2, -0.15) is 5.10 Å². The zero-order chi connectivity index (χ0) is 11.1. The second-order valence-corrected chi connectivity index (χ2v) is 6.27. The summed E-state index contributed by atoms with van der Waals surface area (Å²) in [6.45, 7) is 7.77. The Morgan fingerprint density at radius 1 is 1.53 bits per heavy atom. The second kappa shape index (κ2) is 3.83. The van der Waals surface area contributed by atoms with Gasteiger partial charge in [0.15, 0.2) is 0 Å². The summed E-state index contributed by atoms with van der Waals surface area (Å²) in [6, 6.07) is 0. The quantitative estimate of drug-likeness (QED) is 0.793. The van der Waals surface area contributed by atoms with Gasteiger partial charge in [0.05, 0.1) is 11.1 Å². The Morgan fingerprint density at radius 3 is 2.80 bits per heavy atom. The van der Waals surface area contributed by atoms with Gasteiger partial charge in [-0.3, -0.25) is 4.68 Å². The van der Waals surface area contributed by atoms with Gasteiger partial charge in [0.25, 0.3) is 0 Å². The number of nitrogens with zero attached hydrogens (tertiary/aromatic N) is 2. The Morgan fingerprint density at radius 2 is 2.27 bits per heavy atom. The molecule has 2 rings (SSSR count). The fourth-order valence-corrected chi connectivity index (χ4v) is 2.97. The van der Waals surface area contributed by atoms with Crippen LogP contribution in [0.5, 0.6) is 0 Å². The van der Waals surface area contributed by atoms with Crippen molar-refractivity contribution in [1.29, 1.82) is 0 Å². The van der Waals surface area contributed by atoms with Crippen LogP contribution in [0.2, 0.25) is 0 Å². The number of thioether (sulfide) groups is 1. The summed E-state index contributed by atoms with van der Waals surface area (Å²) in [5.74, 6) is 1.20. The van der Waals surface area contributed by atoms with Crippen molar-refractivity contribution in [2.45, 2.75) is 31.6 Å². The fourth-order valence-electron chi connectivity index (χ4n) is 1.91. The summed E-state index contributed by atoms with van der Waals surface area (Å²) in [4.78, 5) is 0. The molecule has 1 saturated heterocycles. The molecule has 2 heterocycles. The molecule has 0 amide bonds. The maximum Gasteiger partial charge on any atom is 0.0823 e. The highest BCUT2D eigenvalue weighted by atomic mass is 32.2. The predicted molar refractivity (Wildman–Crippen MR) is 65.1 cm³/mol. The minimum absolute atomic E-state index is 0.126. The van der Waals surface area contributed by atoms with Gasteiger partial charge >= 0.3 is 0 Å². The van der Waals surface area contributed by atoms with Gasteiger partial charge in [0, 0.05) is 36.5 Å². The first kappa shape index (κ1) is 11.0. The minimum Gasteiger partial charge on any atom is -0.301 e. The lowest BCUT2D eigenvalue weighted by Crippen LogP contribution is -2.19. The highest BCUT2D eigenvalue weighted by Gasteiger charge is 2.28. The Hall–Kier alpha value is -0.480. The lowest BCUT2D eigenvalue weighted by atomic mass is 9.89. The maximum atomic E-state index is 4.59. The second-order valence-electron chi connectivity index (χ2n) is 5.06. The number of aryl methyl sites for hydroxylation is 1. The van der Waals surface area contributed by atoms with Crippen LogP contribution in [0.15, 0.2) is 6.20 Å². The monoisotopic (exact) mass is 225 g/mol. The van der Waals surface area contributed by atoms with E-state index >= 15 is 0 Å². The summed E-state index contributed by atoms with van der Waals surface area (Å²) in [6.07, 6.45) is 2.15. The number of nitrogens with one attached hydrogen (secondary N) is 1. The molecule has 0 aromatic carbocycles. The molecule has 1 fully saturated rings. The molecule has 0 saturated carbocycles. The largest absolute Gasteiger partial charge is 0.301 e. The van der Waals surface area contributed by atoms with E-state index in [1.165, 1.54) is 17.0 Å². The van der Waals surface area contributed by atoms with Crippen LogP contribution in [0, 0.1) is 0 Å². The van der Waals surface area contributed by atoms with Crippen LogP contribution in [-0.4, -0.2) is 22.1 Å². The molecule has 84 valence electrons. The first-order valence-corrected chi connectivity index (χ1v) is 6.42. The maximum absolute atomic E-state index is 4.59. The van der Waals surface area contributed by atoms with Crippen LogP contribution in [0.25, 0.3) is 0 Å². The first-order valence-electron chi connectivity index (χ1n) is 5.37. The van der Waals surface area contributed by atoms with Crippen molar-refractivity contribution < 1.29 is 0 Å². The average molecular weight is 225 g/mol. The molecule has 1 aliphatic rings. The van der Waals surface area contributed by atoms with E-state index in [0.717, 1.165) is 6.54 Å². The van der Waals surface area contributed by atoms with Crippen LogP contribution < -0.4 is 5.32 Å². The Kier molecular flexibility index (Phi) is 2.81. The predicted octanol–water partition coefficient (Wildman–Crippen LogP) is 2.05. The SMILES string of the molecule is Cn1cc(C2NCCS2)c(C(C)(C)C)n1. The lowest BCUT2D eigenvalue weighted by molar-refractivity contribution is 0.545. The molecule has 15 heavy (non-hydrogen) atoms. The molecule has 3 nitrogen and oxygen atoms in total. The molecular formula is C11H19N3S. The molecule has 1 aliphatic heterocycles. The molecule has 0 radical (unpaired) electrons. The molecule has 4 heteroatoms. The lowest BCUT2D eigenvalue weighted by Gasteiger charge is -2.19. The third-order valence-corrected chi connectivity index (χ3v) is 3.76. The Labute approximate surface area is 95.6 Å². The third kappa shape index (κ3) is 2.21. The summed E-state index contributed by atoms with van der Waals surface area (Å²) in [5.41, 5.74) is 2.70. The zero-order valence-corrected chi connectivity index (χ0v) is 10.7. The molecule has 1 N–H and O–H groups in total. The third-order valence-electron chi connectivity index (χ3n) is 2.57. The van der Waals surface area contributed by atoms with E-state index in [9.17, 15) is 0 Å². The summed E-state index contributed by atoms with van der Waals surface area (Å²) in [7, 11) is 2.00. The van der Waals surface area contributed by atoms with Gasteiger partial charge < -0.3 is 5.32 Å². The van der Waals surface area contributed by atoms with E-state index in [0.29, 0.717) is 5.37 Å². The summed E-state index contributed by atoms with van der Waals surface area (Å²) < 4.78 is 1.93. The van der Waals surface area contributed by atoms with E-state index in [1.54, 1.807) is 0 Å². The van der Waals surface area contributed by atoms with Gasteiger partial charge in [-0.05, 0) is 0 Å². The zero-order valence-electron chi connectivity index (χ0n) is 9.87. The molecule has 1 aromatic heterocycles. The van der Waals surface area contributed by atoms with Gasteiger partial charge in [0.2, 0.25) is 0 Å². The molecule has 0 aliphatic carbocycles. The van der Waals surface area contributed by atoms with Crippen molar-refractivity contribution in [3.63, 3.8) is 0 Å². The van der Waals surface area contributed by atoms with Gasteiger partial charge in [-0.15, -0.1) is 11.8 Å². The van der Waals surface area contributed by atoms with Crippen LogP contribution >= 0.6 is 11.8 Å². The van der Waals surface area contributed by atoms with Crippen LogP contribution in [-0.2, 0) is 12.5 Å². The molecule has 1 aromatic rings. The summed E-state index contributed by atoms with van der Waals surface area (Å²) in [5, 5.41) is 8.54. The average Bonchev–Trinajstić information content (AvgIpc) is 2.68. The summed E-state index contributed by atoms with van der Waals surface area (Å²) >= 11 is 1.97. The van der Waals surface area contributed by atoms with Crippen molar-refractivity contribution in [3.8, 4) is 0 Å². The van der Waals surface area contributed by atoms with Gasteiger partial charge in [-0.25, -0.2) is 0 Å². The van der Waals surface area contributed by atoms with E-state index in [2.05, 4.69) is 37.4 Å². The van der Waals surface area contributed by atoms with Crippen LogP contribution in [0.1, 0.15) is 37.4 Å². The molecule has 0 bridgehead atoms. The standard InChI is InChI=1S/C11H19N3S/c1-11(2,3)9-8(7-14(4)13-9)10-12-5-6-15-10/h7,10,12H,5-6H2,1-4H3. The highest BCUT2D eigenvalue weighted by Crippen LogP contribution is 2.35. The fraction of sp³-hybridized carbons (Fsp3) is 0.727.